The highest BCUT2D eigenvalue weighted by atomic mass is 16.5. The first-order valence-electron chi connectivity index (χ1n) is 12.3. The molecule has 0 radical (unpaired) electrons. The third-order valence-corrected chi connectivity index (χ3v) is 6.41. The van der Waals surface area contributed by atoms with Gasteiger partial charge in [-0.25, -0.2) is 0 Å². The second kappa shape index (κ2) is 11.7. The van der Waals surface area contributed by atoms with Crippen molar-refractivity contribution in [3.63, 3.8) is 0 Å². The third-order valence-electron chi connectivity index (χ3n) is 6.41. The van der Waals surface area contributed by atoms with Crippen LogP contribution in [0.15, 0.2) is 72.3 Å². The van der Waals surface area contributed by atoms with Gasteiger partial charge in [0.05, 0.1) is 38.5 Å². The maximum absolute atomic E-state index is 13.3. The van der Waals surface area contributed by atoms with Crippen LogP contribution in [0.25, 0.3) is 5.76 Å². The van der Waals surface area contributed by atoms with Crippen LogP contribution in [0.5, 0.6) is 23.0 Å². The van der Waals surface area contributed by atoms with Gasteiger partial charge in [-0.05, 0) is 41.8 Å². The molecule has 8 nitrogen and oxygen atoms in total. The van der Waals surface area contributed by atoms with Crippen LogP contribution in [0.1, 0.15) is 36.1 Å². The first kappa shape index (κ1) is 26.6. The fraction of sp³-hybridized carbons (Fsp3) is 0.267. The van der Waals surface area contributed by atoms with Crippen LogP contribution >= 0.6 is 0 Å². The lowest BCUT2D eigenvalue weighted by Crippen LogP contribution is -2.30. The molecule has 198 valence electrons. The zero-order chi connectivity index (χ0) is 27.2. The lowest BCUT2D eigenvalue weighted by Gasteiger charge is -2.26. The molecule has 3 aromatic rings. The molecule has 1 aliphatic rings. The Labute approximate surface area is 222 Å². The summed E-state index contributed by atoms with van der Waals surface area (Å²) < 4.78 is 22.3. The number of hydrogen-bond donors (Lipinski definition) is 1. The van der Waals surface area contributed by atoms with Crippen molar-refractivity contribution in [2.24, 2.45) is 0 Å². The number of ether oxygens (including phenoxy) is 4. The van der Waals surface area contributed by atoms with Gasteiger partial charge in [0.2, 0.25) is 0 Å². The Hall–Kier alpha value is -4.46. The van der Waals surface area contributed by atoms with Gasteiger partial charge in [-0.3, -0.25) is 9.59 Å². The summed E-state index contributed by atoms with van der Waals surface area (Å²) in [4.78, 5) is 27.9. The van der Waals surface area contributed by atoms with E-state index in [0.29, 0.717) is 48.1 Å². The zero-order valence-electron chi connectivity index (χ0n) is 21.9. The molecule has 0 aromatic heterocycles. The number of carbonyl (C=O) groups excluding carboxylic acids is 2. The van der Waals surface area contributed by atoms with Gasteiger partial charge >= 0.3 is 0 Å². The molecule has 1 atom stereocenters. The molecule has 38 heavy (non-hydrogen) atoms. The smallest absolute Gasteiger partial charge is 0.295 e. The molecule has 0 spiro atoms. The number of ketones is 1. The number of likely N-dealkylation sites (tertiary alicyclic amines) is 1. The minimum atomic E-state index is -0.827. The molecular formula is C30H31NO7. The van der Waals surface area contributed by atoms with Crippen molar-refractivity contribution in [2.45, 2.75) is 26.0 Å². The first-order valence-corrected chi connectivity index (χ1v) is 12.3. The summed E-state index contributed by atoms with van der Waals surface area (Å²) in [6.45, 7) is 2.56. The van der Waals surface area contributed by atoms with Crippen molar-refractivity contribution in [1.82, 2.24) is 4.90 Å². The summed E-state index contributed by atoms with van der Waals surface area (Å²) in [5.74, 6) is 0.0384. The lowest BCUT2D eigenvalue weighted by atomic mass is 9.94. The van der Waals surface area contributed by atoms with Crippen LogP contribution in [0.3, 0.4) is 0 Å². The summed E-state index contributed by atoms with van der Waals surface area (Å²) in [5, 5.41) is 11.4. The Morgan fingerprint density at radius 2 is 1.61 bits per heavy atom. The minimum Gasteiger partial charge on any atom is -0.507 e. The topological polar surface area (TPSA) is 94.5 Å². The van der Waals surface area contributed by atoms with E-state index in [1.165, 1.54) is 19.1 Å². The average Bonchev–Trinajstić information content (AvgIpc) is 3.20. The molecular weight excluding hydrogens is 486 g/mol. The van der Waals surface area contributed by atoms with E-state index in [2.05, 4.69) is 0 Å². The second-order valence-electron chi connectivity index (χ2n) is 8.74. The summed E-state index contributed by atoms with van der Waals surface area (Å²) in [7, 11) is 4.52. The number of nitrogens with zero attached hydrogens (tertiary/aromatic N) is 1. The Morgan fingerprint density at radius 1 is 0.868 bits per heavy atom. The number of benzene rings is 3. The third kappa shape index (κ3) is 5.16. The first-order chi connectivity index (χ1) is 18.4. The standard InChI is InChI=1S/C30H31NO7/c1-5-15-31-27(20-11-14-23(36-3)25(16-20)38-18-19-9-7-6-8-10-19)26(29(33)30(31)34)28(32)22-13-12-21(35-2)17-24(22)37-4/h6-14,16-17,27,32H,5,15,18H2,1-4H3/b28-26+. The van der Waals surface area contributed by atoms with E-state index in [-0.39, 0.29) is 16.9 Å². The summed E-state index contributed by atoms with van der Waals surface area (Å²) >= 11 is 0. The van der Waals surface area contributed by atoms with E-state index in [4.69, 9.17) is 18.9 Å². The molecule has 8 heteroatoms. The van der Waals surface area contributed by atoms with E-state index >= 15 is 0 Å². The summed E-state index contributed by atoms with van der Waals surface area (Å²) in [5.41, 5.74) is 1.84. The molecule has 1 aliphatic heterocycles. The van der Waals surface area contributed by atoms with E-state index in [0.717, 1.165) is 5.56 Å². The van der Waals surface area contributed by atoms with Crippen LogP contribution in [-0.2, 0) is 16.2 Å². The fourth-order valence-electron chi connectivity index (χ4n) is 4.55. The minimum absolute atomic E-state index is 0.0221. The lowest BCUT2D eigenvalue weighted by molar-refractivity contribution is -0.139. The van der Waals surface area contributed by atoms with Crippen molar-refractivity contribution in [1.29, 1.82) is 0 Å². The highest BCUT2D eigenvalue weighted by Gasteiger charge is 2.46. The average molecular weight is 518 g/mol. The molecule has 1 unspecified atom stereocenters. The van der Waals surface area contributed by atoms with Gasteiger partial charge in [0.15, 0.2) is 11.5 Å². The molecule has 1 saturated heterocycles. The predicted octanol–water partition coefficient (Wildman–Crippen LogP) is 5.12. The molecule has 1 heterocycles. The number of hydrogen-bond acceptors (Lipinski definition) is 7. The van der Waals surface area contributed by atoms with Crippen molar-refractivity contribution in [3.05, 3.63) is 89.0 Å². The van der Waals surface area contributed by atoms with Gasteiger partial charge < -0.3 is 29.0 Å². The summed E-state index contributed by atoms with van der Waals surface area (Å²) in [6, 6.07) is 19.0. The van der Waals surface area contributed by atoms with E-state index in [9.17, 15) is 14.7 Å². The van der Waals surface area contributed by atoms with Gasteiger partial charge in [0, 0.05) is 12.6 Å². The van der Waals surface area contributed by atoms with E-state index in [1.807, 2.05) is 37.3 Å². The number of carbonyl (C=O) groups is 2. The van der Waals surface area contributed by atoms with E-state index < -0.39 is 17.7 Å². The Bertz CT molecular complexity index is 1350. The van der Waals surface area contributed by atoms with Crippen LogP contribution in [0.2, 0.25) is 0 Å². The zero-order valence-corrected chi connectivity index (χ0v) is 21.9. The Morgan fingerprint density at radius 3 is 2.26 bits per heavy atom. The van der Waals surface area contributed by atoms with Crippen LogP contribution in [0.4, 0.5) is 0 Å². The number of amides is 1. The maximum atomic E-state index is 13.3. The highest BCUT2D eigenvalue weighted by Crippen LogP contribution is 2.43. The molecule has 0 aliphatic carbocycles. The van der Waals surface area contributed by atoms with Crippen molar-refractivity contribution in [2.75, 3.05) is 27.9 Å². The second-order valence-corrected chi connectivity index (χ2v) is 8.74. The van der Waals surface area contributed by atoms with Gasteiger partial charge in [-0.15, -0.1) is 0 Å². The number of aliphatic hydroxyl groups is 1. The number of methoxy groups -OCH3 is 3. The van der Waals surface area contributed by atoms with Crippen molar-refractivity contribution >= 4 is 17.4 Å². The molecule has 1 N–H and O–H groups in total. The van der Waals surface area contributed by atoms with Crippen LogP contribution in [0, 0.1) is 0 Å². The monoisotopic (exact) mass is 517 g/mol. The maximum Gasteiger partial charge on any atom is 0.295 e. The summed E-state index contributed by atoms with van der Waals surface area (Å²) in [6.07, 6.45) is 0.628. The molecule has 0 saturated carbocycles. The van der Waals surface area contributed by atoms with Gasteiger partial charge in [-0.2, -0.15) is 0 Å². The van der Waals surface area contributed by atoms with E-state index in [1.54, 1.807) is 43.5 Å². The SMILES string of the molecule is CCCN1C(=O)C(=O)/C(=C(/O)c2ccc(OC)cc2OC)C1c1ccc(OC)c(OCc2ccccc2)c1. The quantitative estimate of drug-likeness (QED) is 0.227. The van der Waals surface area contributed by atoms with Crippen molar-refractivity contribution < 1.29 is 33.6 Å². The predicted molar refractivity (Wildman–Crippen MR) is 143 cm³/mol. The van der Waals surface area contributed by atoms with Crippen LogP contribution < -0.4 is 18.9 Å². The normalized spacial score (nSPS) is 16.4. The molecule has 3 aromatic carbocycles. The van der Waals surface area contributed by atoms with Crippen molar-refractivity contribution in [3.8, 4) is 23.0 Å². The fourth-order valence-corrected chi connectivity index (χ4v) is 4.55. The molecule has 4 rings (SSSR count). The van der Waals surface area contributed by atoms with Crippen LogP contribution in [-0.4, -0.2) is 49.6 Å². The number of rotatable bonds is 10. The molecule has 0 bridgehead atoms. The van der Waals surface area contributed by atoms with Gasteiger partial charge in [0.1, 0.15) is 23.9 Å². The number of aliphatic hydroxyl groups excluding tert-OH is 1. The highest BCUT2D eigenvalue weighted by molar-refractivity contribution is 6.46. The van der Waals surface area contributed by atoms with Gasteiger partial charge in [0.25, 0.3) is 11.7 Å². The Balaban J connectivity index is 1.82. The molecule has 1 fully saturated rings. The largest absolute Gasteiger partial charge is 0.507 e. The number of Topliss-reactive ketones (excluding diaryl/α,β-unsaturated/α-hetero) is 1. The van der Waals surface area contributed by atoms with Gasteiger partial charge in [-0.1, -0.05) is 43.3 Å². The molecule has 1 amide bonds. The Kier molecular flexibility index (Phi) is 8.21.